The number of fused-ring (bicyclic) bond motifs is 2. The van der Waals surface area contributed by atoms with Crippen LogP contribution >= 0.6 is 0 Å². The van der Waals surface area contributed by atoms with Crippen molar-refractivity contribution in [3.63, 3.8) is 0 Å². The fourth-order valence-electron chi connectivity index (χ4n) is 4.07. The van der Waals surface area contributed by atoms with Gasteiger partial charge in [-0.25, -0.2) is 22.8 Å². The molecule has 0 fully saturated rings. The first-order chi connectivity index (χ1) is 14.7. The Labute approximate surface area is 176 Å². The Hall–Kier alpha value is -3.53. The van der Waals surface area contributed by atoms with Crippen molar-refractivity contribution in [1.29, 1.82) is 0 Å². The van der Waals surface area contributed by atoms with E-state index in [0.717, 1.165) is 40.2 Å². The van der Waals surface area contributed by atoms with E-state index in [0.29, 0.717) is 23.6 Å². The predicted octanol–water partition coefficient (Wildman–Crippen LogP) is 2.66. The maximum absolute atomic E-state index is 13.4. The molecule has 0 unspecified atom stereocenters. The minimum Gasteiger partial charge on any atom is -0.356 e. The van der Waals surface area contributed by atoms with Crippen molar-refractivity contribution in [2.75, 3.05) is 11.2 Å². The van der Waals surface area contributed by atoms with E-state index in [1.807, 2.05) is 17.0 Å². The summed E-state index contributed by atoms with van der Waals surface area (Å²) in [5.41, 5.74) is 4.07. The molecule has 0 saturated carbocycles. The average Bonchev–Trinajstić information content (AvgIpc) is 3.07. The van der Waals surface area contributed by atoms with Crippen molar-refractivity contribution in [2.45, 2.75) is 12.3 Å². The van der Waals surface area contributed by atoms with E-state index in [1.54, 1.807) is 25.5 Å². The van der Waals surface area contributed by atoms with Gasteiger partial charge in [0.1, 0.15) is 5.52 Å². The minimum atomic E-state index is -3.24. The molecule has 3 aromatic heterocycles. The van der Waals surface area contributed by atoms with Gasteiger partial charge < -0.3 is 14.5 Å². The first kappa shape index (κ1) is 19.4. The highest BCUT2D eigenvalue weighted by atomic mass is 32.2. The van der Waals surface area contributed by atoms with Gasteiger partial charge in [-0.15, -0.1) is 0 Å². The van der Waals surface area contributed by atoms with Crippen molar-refractivity contribution >= 4 is 32.4 Å². The number of anilines is 2. The second-order valence-electron chi connectivity index (χ2n) is 7.73. The zero-order chi connectivity index (χ0) is 21.9. The third kappa shape index (κ3) is 3.28. The normalized spacial score (nSPS) is 13.3. The molecule has 8 nitrogen and oxygen atoms in total. The van der Waals surface area contributed by atoms with Gasteiger partial charge in [0.2, 0.25) is 5.95 Å². The number of aromatic amines is 1. The van der Waals surface area contributed by atoms with Gasteiger partial charge in [-0.1, -0.05) is 6.07 Å². The number of H-pyrrole nitrogens is 1. The predicted molar refractivity (Wildman–Crippen MR) is 115 cm³/mol. The molecule has 1 N–H and O–H groups in total. The van der Waals surface area contributed by atoms with Crippen molar-refractivity contribution in [1.82, 2.24) is 19.5 Å². The standard InChI is InChI=1S/C21H18FN5O3S/c1-26-10-16-15-5-12(11-31(2,29)30)3-4-17(15)27(21-24-7-14(22)8-25-21)9-13-6-23-19(18(13)16)20(26)28/h3-8,10,23H,9,11H2,1-2H3. The van der Waals surface area contributed by atoms with E-state index in [1.165, 1.54) is 10.8 Å². The maximum atomic E-state index is 13.4. The number of sulfone groups is 1. The third-order valence-corrected chi connectivity index (χ3v) is 6.19. The first-order valence-electron chi connectivity index (χ1n) is 9.47. The topological polar surface area (TPSA) is 101 Å². The SMILES string of the molecule is Cn1cc2c3c(c[nH]c3c1=O)CN(c1ncc(F)cn1)c1ccc(CS(C)(=O)=O)cc1-2. The molecule has 0 atom stereocenters. The lowest BCUT2D eigenvalue weighted by atomic mass is 9.99. The molecule has 158 valence electrons. The zero-order valence-electron chi connectivity index (χ0n) is 16.8. The summed E-state index contributed by atoms with van der Waals surface area (Å²) in [6.45, 7) is 0.351. The zero-order valence-corrected chi connectivity index (χ0v) is 17.6. The van der Waals surface area contributed by atoms with Crippen LogP contribution in [0.25, 0.3) is 22.0 Å². The molecule has 0 amide bonds. The summed E-state index contributed by atoms with van der Waals surface area (Å²) >= 11 is 0. The summed E-state index contributed by atoms with van der Waals surface area (Å²) in [5, 5.41) is 0.769. The lowest BCUT2D eigenvalue weighted by molar-refractivity contribution is 0.601. The van der Waals surface area contributed by atoms with Crippen LogP contribution in [0, 0.1) is 5.82 Å². The van der Waals surface area contributed by atoms with Crippen LogP contribution in [0.2, 0.25) is 0 Å². The minimum absolute atomic E-state index is 0.109. The summed E-state index contributed by atoms with van der Waals surface area (Å²) in [7, 11) is -1.57. The van der Waals surface area contributed by atoms with Crippen LogP contribution in [0.3, 0.4) is 0 Å². The van der Waals surface area contributed by atoms with Gasteiger partial charge >= 0.3 is 0 Å². The number of nitrogens with zero attached hydrogens (tertiary/aromatic N) is 4. The van der Waals surface area contributed by atoms with Gasteiger partial charge in [0.05, 0.1) is 30.4 Å². The highest BCUT2D eigenvalue weighted by Crippen LogP contribution is 2.42. The molecular formula is C21H18FN5O3S. The van der Waals surface area contributed by atoms with Crippen molar-refractivity contribution < 1.29 is 12.8 Å². The van der Waals surface area contributed by atoms with Crippen LogP contribution in [0.4, 0.5) is 16.0 Å². The van der Waals surface area contributed by atoms with Crippen LogP contribution in [-0.2, 0) is 29.2 Å². The Morgan fingerprint density at radius 2 is 1.94 bits per heavy atom. The molecular weight excluding hydrogens is 421 g/mol. The van der Waals surface area contributed by atoms with Gasteiger partial charge in [0, 0.05) is 42.2 Å². The summed E-state index contributed by atoms with van der Waals surface area (Å²) in [4.78, 5) is 25.8. The number of aromatic nitrogens is 4. The molecule has 0 radical (unpaired) electrons. The summed E-state index contributed by atoms with van der Waals surface area (Å²) in [5.74, 6) is -0.354. The van der Waals surface area contributed by atoms with Crippen molar-refractivity contribution in [2.24, 2.45) is 7.05 Å². The number of hydrogen-bond acceptors (Lipinski definition) is 6. The number of hydrogen-bond donors (Lipinski definition) is 1. The number of aryl methyl sites for hydroxylation is 1. The van der Waals surface area contributed by atoms with Gasteiger partial charge in [0.25, 0.3) is 5.56 Å². The molecule has 0 aliphatic carbocycles. The molecule has 0 saturated heterocycles. The van der Waals surface area contributed by atoms with Gasteiger partial charge in [-0.3, -0.25) is 4.79 Å². The highest BCUT2D eigenvalue weighted by molar-refractivity contribution is 7.89. The van der Waals surface area contributed by atoms with E-state index in [2.05, 4.69) is 15.0 Å². The molecule has 1 aromatic carbocycles. The number of halogens is 1. The largest absolute Gasteiger partial charge is 0.356 e. The van der Waals surface area contributed by atoms with E-state index in [-0.39, 0.29) is 11.3 Å². The molecule has 5 rings (SSSR count). The second kappa shape index (κ2) is 6.74. The van der Waals surface area contributed by atoms with E-state index in [4.69, 9.17) is 0 Å². The fourth-order valence-corrected chi connectivity index (χ4v) is 4.85. The number of nitrogens with one attached hydrogen (secondary N) is 1. The average molecular weight is 439 g/mol. The Kier molecular flexibility index (Phi) is 4.23. The highest BCUT2D eigenvalue weighted by Gasteiger charge is 2.27. The van der Waals surface area contributed by atoms with Crippen LogP contribution in [0.5, 0.6) is 0 Å². The van der Waals surface area contributed by atoms with Crippen molar-refractivity contribution in [3.8, 4) is 11.1 Å². The van der Waals surface area contributed by atoms with Crippen LogP contribution in [0.15, 0.2) is 47.8 Å². The quantitative estimate of drug-likeness (QED) is 0.527. The summed E-state index contributed by atoms with van der Waals surface area (Å²) < 4.78 is 38.7. The first-order valence-corrected chi connectivity index (χ1v) is 11.5. The van der Waals surface area contributed by atoms with E-state index < -0.39 is 15.7 Å². The summed E-state index contributed by atoms with van der Waals surface area (Å²) in [6, 6.07) is 5.38. The fraction of sp³-hybridized carbons (Fsp3) is 0.190. The Morgan fingerprint density at radius 3 is 2.65 bits per heavy atom. The molecule has 1 aliphatic rings. The third-order valence-electron chi connectivity index (χ3n) is 5.34. The Bertz CT molecular complexity index is 1510. The molecule has 4 heterocycles. The van der Waals surface area contributed by atoms with E-state index >= 15 is 0 Å². The molecule has 31 heavy (non-hydrogen) atoms. The number of rotatable bonds is 3. The summed E-state index contributed by atoms with van der Waals surface area (Å²) in [6.07, 6.45) is 6.91. The van der Waals surface area contributed by atoms with Crippen LogP contribution in [0.1, 0.15) is 11.1 Å². The molecule has 1 aliphatic heterocycles. The van der Waals surface area contributed by atoms with Gasteiger partial charge in [-0.2, -0.15) is 0 Å². The Morgan fingerprint density at radius 1 is 1.19 bits per heavy atom. The molecule has 0 spiro atoms. The second-order valence-corrected chi connectivity index (χ2v) is 9.87. The van der Waals surface area contributed by atoms with Crippen molar-refractivity contribution in [3.05, 3.63) is 70.3 Å². The maximum Gasteiger partial charge on any atom is 0.274 e. The molecule has 0 bridgehead atoms. The van der Waals surface area contributed by atoms with Crippen LogP contribution < -0.4 is 10.5 Å². The number of pyridine rings is 1. The lowest BCUT2D eigenvalue weighted by Gasteiger charge is -2.23. The molecule has 4 aromatic rings. The van der Waals surface area contributed by atoms with E-state index in [9.17, 15) is 17.6 Å². The monoisotopic (exact) mass is 439 g/mol. The van der Waals surface area contributed by atoms with Gasteiger partial charge in [0.15, 0.2) is 15.7 Å². The number of benzene rings is 1. The molecule has 10 heteroatoms. The van der Waals surface area contributed by atoms with Crippen LogP contribution in [-0.4, -0.2) is 34.2 Å². The van der Waals surface area contributed by atoms with Gasteiger partial charge in [-0.05, 0) is 23.3 Å². The Balaban J connectivity index is 1.83. The smallest absolute Gasteiger partial charge is 0.274 e. The lowest BCUT2D eigenvalue weighted by Crippen LogP contribution is -2.19.